The average Bonchev–Trinajstić information content (AvgIpc) is 3.36. The van der Waals surface area contributed by atoms with Crippen LogP contribution in [0.25, 0.3) is 5.69 Å². The molecule has 8 nitrogen and oxygen atoms in total. The number of hydrogen-bond donors (Lipinski definition) is 1. The molecule has 0 aliphatic rings. The minimum Gasteiger partial charge on any atom is -0.473 e. The van der Waals surface area contributed by atoms with Gasteiger partial charge in [-0.05, 0) is 43.2 Å². The third-order valence-electron chi connectivity index (χ3n) is 6.05. The van der Waals surface area contributed by atoms with E-state index in [-0.39, 0.29) is 36.9 Å². The summed E-state index contributed by atoms with van der Waals surface area (Å²) in [5.74, 6) is -1.49. The number of benzene rings is 3. The third-order valence-corrected chi connectivity index (χ3v) is 6.05. The van der Waals surface area contributed by atoms with Gasteiger partial charge in [-0.3, -0.25) is 9.59 Å². The maximum Gasteiger partial charge on any atom is 0.308 e. The molecule has 1 aromatic heterocycles. The van der Waals surface area contributed by atoms with Crippen molar-refractivity contribution in [3.8, 4) is 17.6 Å². The van der Waals surface area contributed by atoms with Crippen LogP contribution in [0.15, 0.2) is 78.9 Å². The molecule has 39 heavy (non-hydrogen) atoms. The number of para-hydroxylation sites is 1. The van der Waals surface area contributed by atoms with Crippen LogP contribution in [0.5, 0.6) is 5.88 Å². The summed E-state index contributed by atoms with van der Waals surface area (Å²) in [5, 5.41) is 16.6. The van der Waals surface area contributed by atoms with Crippen molar-refractivity contribution < 1.29 is 23.5 Å². The highest BCUT2D eigenvalue weighted by atomic mass is 19.1. The summed E-state index contributed by atoms with van der Waals surface area (Å²) < 4.78 is 27.0. The molecule has 9 heteroatoms. The van der Waals surface area contributed by atoms with Crippen LogP contribution in [0.1, 0.15) is 52.1 Å². The summed E-state index contributed by atoms with van der Waals surface area (Å²) in [5.41, 5.74) is 2.77. The van der Waals surface area contributed by atoms with Crippen molar-refractivity contribution in [1.82, 2.24) is 15.1 Å². The van der Waals surface area contributed by atoms with E-state index in [4.69, 9.17) is 9.47 Å². The Kier molecular flexibility index (Phi) is 8.69. The lowest BCUT2D eigenvalue weighted by Crippen LogP contribution is -2.31. The van der Waals surface area contributed by atoms with Crippen molar-refractivity contribution in [3.05, 3.63) is 113 Å². The maximum atomic E-state index is 14.7. The number of esters is 1. The van der Waals surface area contributed by atoms with E-state index in [1.54, 1.807) is 43.3 Å². The maximum absolute atomic E-state index is 14.7. The molecule has 0 aliphatic heterocycles. The van der Waals surface area contributed by atoms with Gasteiger partial charge in [0.15, 0.2) is 5.69 Å². The molecule has 0 aliphatic carbocycles. The largest absolute Gasteiger partial charge is 0.473 e. The predicted molar refractivity (Wildman–Crippen MR) is 142 cm³/mol. The van der Waals surface area contributed by atoms with Crippen molar-refractivity contribution in [3.63, 3.8) is 0 Å². The van der Waals surface area contributed by atoms with Gasteiger partial charge in [0.1, 0.15) is 18.1 Å². The molecule has 0 saturated carbocycles. The van der Waals surface area contributed by atoms with Crippen molar-refractivity contribution in [2.75, 3.05) is 6.61 Å². The van der Waals surface area contributed by atoms with Gasteiger partial charge >= 0.3 is 5.97 Å². The first-order valence-electron chi connectivity index (χ1n) is 12.4. The number of nitrogens with zero attached hydrogens (tertiary/aromatic N) is 3. The van der Waals surface area contributed by atoms with Crippen molar-refractivity contribution in [1.29, 1.82) is 5.26 Å². The molecule has 4 aromatic rings. The van der Waals surface area contributed by atoms with Gasteiger partial charge in [0.25, 0.3) is 5.91 Å². The van der Waals surface area contributed by atoms with E-state index < -0.39 is 23.7 Å². The Hall–Kier alpha value is -4.97. The second kappa shape index (κ2) is 12.5. The monoisotopic (exact) mass is 526 g/mol. The summed E-state index contributed by atoms with van der Waals surface area (Å²) in [6, 6.07) is 23.2. The normalized spacial score (nSPS) is 11.3. The fraction of sp³-hybridized carbons (Fsp3) is 0.200. The zero-order valence-corrected chi connectivity index (χ0v) is 21.6. The Morgan fingerprint density at radius 2 is 1.79 bits per heavy atom. The fourth-order valence-electron chi connectivity index (χ4n) is 4.12. The molecule has 0 fully saturated rings. The zero-order valence-electron chi connectivity index (χ0n) is 21.6. The molecule has 1 N–H and O–H groups in total. The lowest BCUT2D eigenvalue weighted by Gasteiger charge is -2.20. The minimum atomic E-state index is -0.678. The first-order valence-corrected chi connectivity index (χ1v) is 12.4. The van der Waals surface area contributed by atoms with Gasteiger partial charge in [-0.2, -0.15) is 15.0 Å². The Morgan fingerprint density at radius 3 is 2.54 bits per heavy atom. The number of halogens is 1. The van der Waals surface area contributed by atoms with Crippen molar-refractivity contribution >= 4 is 11.9 Å². The van der Waals surface area contributed by atoms with E-state index in [9.17, 15) is 19.2 Å². The zero-order chi connectivity index (χ0) is 27.8. The summed E-state index contributed by atoms with van der Waals surface area (Å²) in [7, 11) is 0. The number of carbonyl (C=O) groups excluding carboxylic acids is 2. The van der Waals surface area contributed by atoms with Gasteiger partial charge in [-0.15, -0.1) is 0 Å². The number of carbonyl (C=O) groups is 2. The lowest BCUT2D eigenvalue weighted by atomic mass is 9.98. The molecule has 0 saturated heterocycles. The van der Waals surface area contributed by atoms with Crippen LogP contribution in [0.3, 0.4) is 0 Å². The quantitative estimate of drug-likeness (QED) is 0.285. The molecule has 0 bridgehead atoms. The Bertz CT molecular complexity index is 1530. The standard InChI is InChI=1S/C30H27FN4O4/c1-3-38-29(36)17-25(23-13-7-4-10-20(23)2)33-30(37)26-16-28(35(34-26)27-15-9-8-14-24(27)31)39-19-22-12-6-5-11-21(22)18-32/h4-16,25H,3,17,19H2,1-2H3,(H,33,37). The van der Waals surface area contributed by atoms with E-state index >= 15 is 0 Å². The van der Waals surface area contributed by atoms with Crippen LogP contribution in [-0.2, 0) is 16.1 Å². The predicted octanol–water partition coefficient (Wildman–Crippen LogP) is 5.19. The van der Waals surface area contributed by atoms with Crippen molar-refractivity contribution in [2.45, 2.75) is 32.9 Å². The molecule has 1 heterocycles. The second-order valence-corrected chi connectivity index (χ2v) is 8.68. The van der Waals surface area contributed by atoms with Crippen LogP contribution in [-0.4, -0.2) is 28.3 Å². The number of nitriles is 1. The molecule has 198 valence electrons. The number of nitrogens with one attached hydrogen (secondary N) is 1. The summed E-state index contributed by atoms with van der Waals surface area (Å²) in [6.07, 6.45) is -0.0766. The number of amides is 1. The van der Waals surface area contributed by atoms with E-state index in [0.29, 0.717) is 11.1 Å². The summed E-state index contributed by atoms with van der Waals surface area (Å²) in [4.78, 5) is 25.7. The molecule has 0 radical (unpaired) electrons. The lowest BCUT2D eigenvalue weighted by molar-refractivity contribution is -0.143. The number of aromatic nitrogens is 2. The fourth-order valence-corrected chi connectivity index (χ4v) is 4.12. The second-order valence-electron chi connectivity index (χ2n) is 8.68. The molecule has 3 aromatic carbocycles. The number of hydrogen-bond acceptors (Lipinski definition) is 6. The van der Waals surface area contributed by atoms with Gasteiger partial charge in [-0.1, -0.05) is 54.6 Å². The van der Waals surface area contributed by atoms with Crippen LogP contribution < -0.4 is 10.1 Å². The van der Waals surface area contributed by atoms with Crippen LogP contribution in [0.4, 0.5) is 4.39 Å². The van der Waals surface area contributed by atoms with Crippen LogP contribution in [0.2, 0.25) is 0 Å². The molecule has 0 spiro atoms. The van der Waals surface area contributed by atoms with Crippen LogP contribution in [0, 0.1) is 24.1 Å². The number of aryl methyl sites for hydroxylation is 1. The average molecular weight is 527 g/mol. The Morgan fingerprint density at radius 1 is 1.08 bits per heavy atom. The molecule has 4 rings (SSSR count). The summed E-state index contributed by atoms with van der Waals surface area (Å²) >= 11 is 0. The topological polar surface area (TPSA) is 106 Å². The van der Waals surface area contributed by atoms with E-state index in [0.717, 1.165) is 11.1 Å². The number of ether oxygens (including phenoxy) is 2. The SMILES string of the molecule is CCOC(=O)CC(NC(=O)c1cc(OCc2ccccc2C#N)n(-c2ccccc2F)n1)c1ccccc1C. The smallest absolute Gasteiger partial charge is 0.308 e. The van der Waals surface area contributed by atoms with Gasteiger partial charge in [0, 0.05) is 11.6 Å². The molecular weight excluding hydrogens is 499 g/mol. The van der Waals surface area contributed by atoms with Crippen molar-refractivity contribution in [2.24, 2.45) is 0 Å². The first kappa shape index (κ1) is 27.1. The van der Waals surface area contributed by atoms with Gasteiger partial charge in [-0.25, -0.2) is 4.39 Å². The highest BCUT2D eigenvalue weighted by molar-refractivity contribution is 5.93. The van der Waals surface area contributed by atoms with E-state index in [1.165, 1.54) is 22.9 Å². The minimum absolute atomic E-state index is 0.000365. The van der Waals surface area contributed by atoms with Crippen LogP contribution >= 0.6 is 0 Å². The number of rotatable bonds is 10. The van der Waals surface area contributed by atoms with E-state index in [1.807, 2.05) is 31.2 Å². The Balaban J connectivity index is 1.66. The third kappa shape index (κ3) is 6.48. The van der Waals surface area contributed by atoms with E-state index in [2.05, 4.69) is 16.5 Å². The first-order chi connectivity index (χ1) is 18.9. The molecular formula is C30H27FN4O4. The van der Waals surface area contributed by atoms with Gasteiger partial charge < -0.3 is 14.8 Å². The Labute approximate surface area is 225 Å². The molecule has 1 unspecified atom stereocenters. The van der Waals surface area contributed by atoms with Gasteiger partial charge in [0.05, 0.1) is 30.7 Å². The highest BCUT2D eigenvalue weighted by Gasteiger charge is 2.25. The highest BCUT2D eigenvalue weighted by Crippen LogP contribution is 2.25. The molecule has 1 atom stereocenters. The van der Waals surface area contributed by atoms with Gasteiger partial charge in [0.2, 0.25) is 5.88 Å². The molecule has 1 amide bonds. The summed E-state index contributed by atoms with van der Waals surface area (Å²) in [6.45, 7) is 3.82.